The van der Waals surface area contributed by atoms with Crippen molar-refractivity contribution in [2.75, 3.05) is 13.1 Å². The molecule has 0 saturated heterocycles. The zero-order chi connectivity index (χ0) is 24.8. The molecule has 3 atom stereocenters. The molecule has 0 aliphatic carbocycles. The van der Waals surface area contributed by atoms with Gasteiger partial charge >= 0.3 is 5.97 Å². The highest BCUT2D eigenvalue weighted by molar-refractivity contribution is 5.96. The molecule has 32 heavy (non-hydrogen) atoms. The van der Waals surface area contributed by atoms with Gasteiger partial charge in [0.1, 0.15) is 18.1 Å². The van der Waals surface area contributed by atoms with Crippen LogP contribution in [0.25, 0.3) is 0 Å². The summed E-state index contributed by atoms with van der Waals surface area (Å²) in [5, 5.41) is 15.7. The number of carbonyl (C=O) groups excluding carboxylic acids is 5. The molecule has 0 aliphatic heterocycles. The standard InChI is InChI=1S/C16H29N9O7/c17-6-12(28)23-8(4-10(18)26)14(30)24-7(2-1-3-22-16(20)21)13(29)25-9(15(31)32)5-11(19)27/h7-9H,1-6,17H2,(H2,18,26)(H2,19,27)(H,23,28)(H,24,30)(H,25,29)(H,31,32)(H4,20,21,22). The van der Waals surface area contributed by atoms with Crippen LogP contribution in [0, 0.1) is 0 Å². The van der Waals surface area contributed by atoms with Crippen molar-refractivity contribution in [2.45, 2.75) is 43.8 Å². The number of nitrogens with two attached hydrogens (primary N) is 5. The lowest BCUT2D eigenvalue weighted by Crippen LogP contribution is -2.57. The Morgan fingerprint density at radius 1 is 0.781 bits per heavy atom. The van der Waals surface area contributed by atoms with Crippen molar-refractivity contribution >= 4 is 41.5 Å². The molecule has 0 heterocycles. The number of rotatable bonds is 15. The van der Waals surface area contributed by atoms with Gasteiger partial charge in [0.05, 0.1) is 19.4 Å². The van der Waals surface area contributed by atoms with Gasteiger partial charge < -0.3 is 49.7 Å². The normalized spacial score (nSPS) is 13.0. The van der Waals surface area contributed by atoms with Crippen LogP contribution in [0.3, 0.4) is 0 Å². The monoisotopic (exact) mass is 459 g/mol. The Labute approximate surface area is 182 Å². The van der Waals surface area contributed by atoms with Gasteiger partial charge in [-0.3, -0.25) is 29.0 Å². The van der Waals surface area contributed by atoms with E-state index in [0.29, 0.717) is 0 Å². The van der Waals surface area contributed by atoms with Crippen LogP contribution in [0.15, 0.2) is 4.99 Å². The number of hydrogen-bond donors (Lipinski definition) is 9. The van der Waals surface area contributed by atoms with Crippen LogP contribution in [0.5, 0.6) is 0 Å². The van der Waals surface area contributed by atoms with Gasteiger partial charge in [0.2, 0.25) is 29.5 Å². The van der Waals surface area contributed by atoms with Gasteiger partial charge in [0.15, 0.2) is 5.96 Å². The summed E-state index contributed by atoms with van der Waals surface area (Å²) in [6, 6.07) is -4.41. The van der Waals surface area contributed by atoms with Gasteiger partial charge in [0.25, 0.3) is 0 Å². The van der Waals surface area contributed by atoms with Crippen LogP contribution in [0.4, 0.5) is 0 Å². The Morgan fingerprint density at radius 3 is 1.75 bits per heavy atom. The van der Waals surface area contributed by atoms with E-state index >= 15 is 0 Å². The molecule has 0 aromatic rings. The number of carbonyl (C=O) groups is 6. The fourth-order valence-corrected chi connectivity index (χ4v) is 2.38. The number of carboxylic acids is 1. The minimum atomic E-state index is -1.64. The maximum Gasteiger partial charge on any atom is 0.326 e. The van der Waals surface area contributed by atoms with Gasteiger partial charge in [-0.2, -0.15) is 0 Å². The molecule has 180 valence electrons. The highest BCUT2D eigenvalue weighted by Gasteiger charge is 2.30. The van der Waals surface area contributed by atoms with Gasteiger partial charge in [-0.1, -0.05) is 0 Å². The lowest BCUT2D eigenvalue weighted by Gasteiger charge is -2.23. The highest BCUT2D eigenvalue weighted by atomic mass is 16.4. The second kappa shape index (κ2) is 14.1. The molecule has 0 aromatic carbocycles. The average molecular weight is 459 g/mol. The molecule has 14 N–H and O–H groups in total. The van der Waals surface area contributed by atoms with E-state index in [1.807, 2.05) is 0 Å². The van der Waals surface area contributed by atoms with Crippen molar-refractivity contribution in [1.29, 1.82) is 0 Å². The molecule has 0 spiro atoms. The summed E-state index contributed by atoms with van der Waals surface area (Å²) in [6.45, 7) is -0.390. The molecule has 0 saturated carbocycles. The molecular formula is C16H29N9O7. The SMILES string of the molecule is NCC(=O)NC(CC(N)=O)C(=O)NC(CCCN=C(N)N)C(=O)NC(CC(N)=O)C(=O)O. The molecule has 0 bridgehead atoms. The van der Waals surface area contributed by atoms with Crippen LogP contribution in [0.2, 0.25) is 0 Å². The quantitative estimate of drug-likeness (QED) is 0.0634. The maximum atomic E-state index is 12.6. The maximum absolute atomic E-state index is 12.6. The number of nitrogens with zero attached hydrogens (tertiary/aromatic N) is 1. The van der Waals surface area contributed by atoms with Crippen molar-refractivity contribution in [3.63, 3.8) is 0 Å². The fourth-order valence-electron chi connectivity index (χ4n) is 2.38. The summed E-state index contributed by atoms with van der Waals surface area (Å²) in [6.07, 6.45) is -1.16. The third kappa shape index (κ3) is 11.9. The van der Waals surface area contributed by atoms with Crippen molar-refractivity contribution in [3.05, 3.63) is 0 Å². The van der Waals surface area contributed by atoms with E-state index in [1.54, 1.807) is 0 Å². The van der Waals surface area contributed by atoms with E-state index in [2.05, 4.69) is 20.9 Å². The molecule has 16 nitrogen and oxygen atoms in total. The molecule has 0 rings (SSSR count). The van der Waals surface area contributed by atoms with Crippen molar-refractivity contribution in [2.24, 2.45) is 33.7 Å². The largest absolute Gasteiger partial charge is 0.480 e. The summed E-state index contributed by atoms with van der Waals surface area (Å²) in [5.41, 5.74) is 25.7. The number of carboxylic acid groups (broad SMARTS) is 1. The van der Waals surface area contributed by atoms with Gasteiger partial charge in [0, 0.05) is 6.54 Å². The van der Waals surface area contributed by atoms with Crippen LogP contribution in [0.1, 0.15) is 25.7 Å². The number of aliphatic carboxylic acids is 1. The van der Waals surface area contributed by atoms with Crippen LogP contribution >= 0.6 is 0 Å². The predicted octanol–water partition coefficient (Wildman–Crippen LogP) is -5.71. The Kier molecular flexibility index (Phi) is 12.4. The van der Waals surface area contributed by atoms with Crippen LogP contribution in [-0.2, 0) is 28.8 Å². The first-order chi connectivity index (χ1) is 14.9. The van der Waals surface area contributed by atoms with E-state index in [-0.39, 0.29) is 25.3 Å². The Morgan fingerprint density at radius 2 is 1.28 bits per heavy atom. The van der Waals surface area contributed by atoms with E-state index in [0.717, 1.165) is 0 Å². The Balaban J connectivity index is 5.52. The molecule has 5 amide bonds. The van der Waals surface area contributed by atoms with Crippen LogP contribution in [-0.4, -0.2) is 77.8 Å². The summed E-state index contributed by atoms with van der Waals surface area (Å²) < 4.78 is 0. The zero-order valence-electron chi connectivity index (χ0n) is 17.2. The van der Waals surface area contributed by atoms with Crippen molar-refractivity contribution in [1.82, 2.24) is 16.0 Å². The third-order valence-corrected chi connectivity index (χ3v) is 3.84. The second-order valence-electron chi connectivity index (χ2n) is 6.57. The lowest BCUT2D eigenvalue weighted by molar-refractivity contribution is -0.144. The van der Waals surface area contributed by atoms with E-state index in [9.17, 15) is 28.8 Å². The number of guanidine groups is 1. The first-order valence-corrected chi connectivity index (χ1v) is 9.32. The van der Waals surface area contributed by atoms with E-state index in [1.165, 1.54) is 0 Å². The molecule has 0 fully saturated rings. The van der Waals surface area contributed by atoms with Gasteiger partial charge in [-0.05, 0) is 12.8 Å². The van der Waals surface area contributed by atoms with E-state index < -0.39 is 73.0 Å². The van der Waals surface area contributed by atoms with Gasteiger partial charge in [-0.25, -0.2) is 4.79 Å². The predicted molar refractivity (Wildman–Crippen MR) is 110 cm³/mol. The molecule has 0 aromatic heterocycles. The minimum absolute atomic E-state index is 0.0641. The highest BCUT2D eigenvalue weighted by Crippen LogP contribution is 2.03. The number of nitrogens with one attached hydrogen (secondary N) is 3. The molecular weight excluding hydrogens is 430 g/mol. The Bertz CT molecular complexity index is 752. The summed E-state index contributed by atoms with van der Waals surface area (Å²) in [5.74, 6) is -6.28. The second-order valence-corrected chi connectivity index (χ2v) is 6.57. The number of amides is 5. The number of aliphatic imine (C=N–C) groups is 1. The first kappa shape index (κ1) is 28.0. The van der Waals surface area contributed by atoms with Crippen LogP contribution < -0.4 is 44.6 Å². The summed E-state index contributed by atoms with van der Waals surface area (Å²) >= 11 is 0. The molecule has 16 heteroatoms. The average Bonchev–Trinajstić information content (AvgIpc) is 2.67. The third-order valence-electron chi connectivity index (χ3n) is 3.84. The summed E-state index contributed by atoms with van der Waals surface area (Å²) in [7, 11) is 0. The molecule has 3 unspecified atom stereocenters. The summed E-state index contributed by atoms with van der Waals surface area (Å²) in [4.78, 5) is 74.0. The zero-order valence-corrected chi connectivity index (χ0v) is 17.2. The number of primary amides is 2. The minimum Gasteiger partial charge on any atom is -0.480 e. The lowest BCUT2D eigenvalue weighted by atomic mass is 10.1. The van der Waals surface area contributed by atoms with E-state index in [4.69, 9.17) is 33.8 Å². The fraction of sp³-hybridized carbons (Fsp3) is 0.562. The van der Waals surface area contributed by atoms with Crippen molar-refractivity contribution < 1.29 is 33.9 Å². The smallest absolute Gasteiger partial charge is 0.326 e. The van der Waals surface area contributed by atoms with Crippen molar-refractivity contribution in [3.8, 4) is 0 Å². The van der Waals surface area contributed by atoms with Gasteiger partial charge in [-0.15, -0.1) is 0 Å². The topological polar surface area (TPSA) is 301 Å². The Hall–Kier alpha value is -3.95. The molecule has 0 radical (unpaired) electrons. The first-order valence-electron chi connectivity index (χ1n) is 9.32. The number of hydrogen-bond acceptors (Lipinski definition) is 8. The molecule has 0 aliphatic rings.